The SMILES string of the molecule is Cc1ccccc1C(C)CC(=O)NC/C=C/CNC(=O)OC(C)(C)C. The van der Waals surface area contributed by atoms with E-state index in [1.54, 1.807) is 6.08 Å². The molecule has 0 spiro atoms. The molecule has 2 N–H and O–H groups in total. The highest BCUT2D eigenvalue weighted by Gasteiger charge is 2.15. The second kappa shape index (κ2) is 9.87. The average Bonchev–Trinajstić information content (AvgIpc) is 2.49. The summed E-state index contributed by atoms with van der Waals surface area (Å²) in [4.78, 5) is 23.4. The Labute approximate surface area is 150 Å². The minimum atomic E-state index is -0.504. The lowest BCUT2D eigenvalue weighted by Crippen LogP contribution is -2.32. The summed E-state index contributed by atoms with van der Waals surface area (Å²) >= 11 is 0. The Hall–Kier alpha value is -2.30. The number of nitrogens with one attached hydrogen (secondary N) is 2. The van der Waals surface area contributed by atoms with Crippen molar-refractivity contribution in [2.75, 3.05) is 13.1 Å². The van der Waals surface area contributed by atoms with E-state index in [1.165, 1.54) is 11.1 Å². The number of hydrogen-bond donors (Lipinski definition) is 2. The molecule has 0 aromatic heterocycles. The molecule has 0 aliphatic carbocycles. The Bertz CT molecular complexity index is 603. The summed E-state index contributed by atoms with van der Waals surface area (Å²) in [5.74, 6) is 0.194. The van der Waals surface area contributed by atoms with Crippen LogP contribution in [0.3, 0.4) is 0 Å². The monoisotopic (exact) mass is 346 g/mol. The van der Waals surface area contributed by atoms with E-state index in [0.717, 1.165) is 0 Å². The molecule has 5 nitrogen and oxygen atoms in total. The van der Waals surface area contributed by atoms with E-state index >= 15 is 0 Å². The summed E-state index contributed by atoms with van der Waals surface area (Å²) in [5.41, 5.74) is 1.90. The molecular formula is C20H30N2O3. The molecule has 0 heterocycles. The molecule has 0 bridgehead atoms. The van der Waals surface area contributed by atoms with Crippen LogP contribution < -0.4 is 10.6 Å². The van der Waals surface area contributed by atoms with Crippen LogP contribution in [0.5, 0.6) is 0 Å². The van der Waals surface area contributed by atoms with Crippen molar-refractivity contribution in [3.63, 3.8) is 0 Å². The van der Waals surface area contributed by atoms with Crippen LogP contribution in [0.4, 0.5) is 4.79 Å². The minimum absolute atomic E-state index is 0.0144. The summed E-state index contributed by atoms with van der Waals surface area (Å²) in [5, 5.41) is 5.49. The van der Waals surface area contributed by atoms with Crippen LogP contribution in [-0.4, -0.2) is 30.7 Å². The van der Waals surface area contributed by atoms with Gasteiger partial charge in [0.15, 0.2) is 0 Å². The minimum Gasteiger partial charge on any atom is -0.444 e. The zero-order chi connectivity index (χ0) is 18.9. The van der Waals surface area contributed by atoms with Gasteiger partial charge in [0, 0.05) is 19.5 Å². The van der Waals surface area contributed by atoms with Crippen LogP contribution in [0.1, 0.15) is 51.2 Å². The van der Waals surface area contributed by atoms with Gasteiger partial charge in [-0.05, 0) is 44.7 Å². The van der Waals surface area contributed by atoms with Gasteiger partial charge in [-0.25, -0.2) is 4.79 Å². The topological polar surface area (TPSA) is 67.4 Å². The highest BCUT2D eigenvalue weighted by Crippen LogP contribution is 2.21. The maximum absolute atomic E-state index is 12.0. The molecule has 0 aliphatic heterocycles. The predicted molar refractivity (Wildman–Crippen MR) is 101 cm³/mol. The van der Waals surface area contributed by atoms with Crippen LogP contribution in [0.15, 0.2) is 36.4 Å². The first-order valence-corrected chi connectivity index (χ1v) is 8.63. The lowest BCUT2D eigenvalue weighted by molar-refractivity contribution is -0.121. The molecule has 2 amide bonds. The summed E-state index contributed by atoms with van der Waals surface area (Å²) < 4.78 is 5.12. The lowest BCUT2D eigenvalue weighted by Gasteiger charge is -2.19. The number of amides is 2. The van der Waals surface area contributed by atoms with Gasteiger partial charge in [-0.1, -0.05) is 43.3 Å². The number of ether oxygens (including phenoxy) is 1. The van der Waals surface area contributed by atoms with E-state index < -0.39 is 11.7 Å². The van der Waals surface area contributed by atoms with Crippen LogP contribution >= 0.6 is 0 Å². The Balaban J connectivity index is 2.24. The fourth-order valence-electron chi connectivity index (χ4n) is 2.40. The van der Waals surface area contributed by atoms with Gasteiger partial charge >= 0.3 is 6.09 Å². The number of carbonyl (C=O) groups excluding carboxylic acids is 2. The van der Waals surface area contributed by atoms with E-state index in [0.29, 0.717) is 19.5 Å². The Kier molecular flexibility index (Phi) is 8.19. The first-order valence-electron chi connectivity index (χ1n) is 8.63. The molecule has 0 saturated heterocycles. The molecule has 0 fully saturated rings. The van der Waals surface area contributed by atoms with E-state index in [-0.39, 0.29) is 11.8 Å². The zero-order valence-electron chi connectivity index (χ0n) is 15.9. The van der Waals surface area contributed by atoms with Crippen LogP contribution in [-0.2, 0) is 9.53 Å². The van der Waals surface area contributed by atoms with Crippen molar-refractivity contribution < 1.29 is 14.3 Å². The first-order chi connectivity index (χ1) is 11.7. The molecule has 25 heavy (non-hydrogen) atoms. The maximum Gasteiger partial charge on any atom is 0.407 e. The molecular weight excluding hydrogens is 316 g/mol. The predicted octanol–water partition coefficient (Wildman–Crippen LogP) is 3.69. The average molecular weight is 346 g/mol. The van der Waals surface area contributed by atoms with Gasteiger partial charge in [-0.3, -0.25) is 4.79 Å². The molecule has 1 aromatic rings. The second-order valence-corrected chi connectivity index (χ2v) is 7.12. The third-order valence-corrected chi connectivity index (χ3v) is 3.56. The quantitative estimate of drug-likeness (QED) is 0.740. The van der Waals surface area contributed by atoms with Crippen molar-refractivity contribution in [2.24, 2.45) is 0 Å². The number of carbonyl (C=O) groups is 2. The molecule has 0 radical (unpaired) electrons. The summed E-state index contributed by atoms with van der Waals surface area (Å²) in [6, 6.07) is 8.12. The largest absolute Gasteiger partial charge is 0.444 e. The summed E-state index contributed by atoms with van der Waals surface area (Å²) in [7, 11) is 0. The standard InChI is InChI=1S/C20H30N2O3/c1-15-10-6-7-11-17(15)16(2)14-18(23)21-12-8-9-13-22-19(24)25-20(3,4)5/h6-11,16H,12-14H2,1-5H3,(H,21,23)(H,22,24)/b9-8+. The number of rotatable bonds is 7. The number of aryl methyl sites for hydroxylation is 1. The first kappa shape index (κ1) is 20.7. The van der Waals surface area contributed by atoms with Crippen molar-refractivity contribution in [3.8, 4) is 0 Å². The normalized spacial score (nSPS) is 12.7. The van der Waals surface area contributed by atoms with Gasteiger partial charge in [0.1, 0.15) is 5.60 Å². The van der Waals surface area contributed by atoms with Crippen molar-refractivity contribution in [1.82, 2.24) is 10.6 Å². The summed E-state index contributed by atoms with van der Waals surface area (Å²) in [6.45, 7) is 10.4. The third-order valence-electron chi connectivity index (χ3n) is 3.56. The Morgan fingerprint density at radius 3 is 2.32 bits per heavy atom. The maximum atomic E-state index is 12.0. The molecule has 1 aromatic carbocycles. The molecule has 1 rings (SSSR count). The fourth-order valence-corrected chi connectivity index (χ4v) is 2.40. The van der Waals surface area contributed by atoms with Crippen LogP contribution in [0.25, 0.3) is 0 Å². The lowest BCUT2D eigenvalue weighted by atomic mass is 9.93. The van der Waals surface area contributed by atoms with Gasteiger partial charge in [0.2, 0.25) is 5.91 Å². The van der Waals surface area contributed by atoms with Crippen molar-refractivity contribution in [1.29, 1.82) is 0 Å². The molecule has 1 atom stereocenters. The van der Waals surface area contributed by atoms with Crippen molar-refractivity contribution >= 4 is 12.0 Å². The van der Waals surface area contributed by atoms with Crippen molar-refractivity contribution in [3.05, 3.63) is 47.5 Å². The molecule has 0 aliphatic rings. The van der Waals surface area contributed by atoms with Gasteiger partial charge in [0.05, 0.1) is 0 Å². The Morgan fingerprint density at radius 1 is 1.12 bits per heavy atom. The van der Waals surface area contributed by atoms with Gasteiger partial charge < -0.3 is 15.4 Å². The second-order valence-electron chi connectivity index (χ2n) is 7.12. The fraction of sp³-hybridized carbons (Fsp3) is 0.500. The molecule has 0 saturated carbocycles. The van der Waals surface area contributed by atoms with Gasteiger partial charge in [-0.2, -0.15) is 0 Å². The highest BCUT2D eigenvalue weighted by molar-refractivity contribution is 5.77. The smallest absolute Gasteiger partial charge is 0.407 e. The van der Waals surface area contributed by atoms with E-state index in [2.05, 4.69) is 36.6 Å². The van der Waals surface area contributed by atoms with Crippen LogP contribution in [0.2, 0.25) is 0 Å². The number of alkyl carbamates (subject to hydrolysis) is 1. The van der Waals surface area contributed by atoms with Crippen LogP contribution in [0, 0.1) is 6.92 Å². The molecule has 5 heteroatoms. The van der Waals surface area contributed by atoms with Crippen molar-refractivity contribution in [2.45, 2.75) is 52.6 Å². The third kappa shape index (κ3) is 8.94. The summed E-state index contributed by atoms with van der Waals surface area (Å²) in [6.07, 6.45) is 3.60. The zero-order valence-corrected chi connectivity index (χ0v) is 15.9. The molecule has 1 unspecified atom stereocenters. The van der Waals surface area contributed by atoms with E-state index in [4.69, 9.17) is 4.74 Å². The Morgan fingerprint density at radius 2 is 1.72 bits per heavy atom. The number of benzene rings is 1. The van der Waals surface area contributed by atoms with E-state index in [9.17, 15) is 9.59 Å². The van der Waals surface area contributed by atoms with Gasteiger partial charge in [-0.15, -0.1) is 0 Å². The highest BCUT2D eigenvalue weighted by atomic mass is 16.6. The number of hydrogen-bond acceptors (Lipinski definition) is 3. The van der Waals surface area contributed by atoms with Gasteiger partial charge in [0.25, 0.3) is 0 Å². The molecule has 138 valence electrons. The van der Waals surface area contributed by atoms with E-state index in [1.807, 2.05) is 39.0 Å².